The molecule has 0 fully saturated rings. The quantitative estimate of drug-likeness (QED) is 0.637. The van der Waals surface area contributed by atoms with E-state index in [4.69, 9.17) is 9.15 Å². The van der Waals surface area contributed by atoms with E-state index in [9.17, 15) is 9.59 Å². The van der Waals surface area contributed by atoms with Crippen molar-refractivity contribution in [2.24, 2.45) is 0 Å². The van der Waals surface area contributed by atoms with Gasteiger partial charge < -0.3 is 14.1 Å². The van der Waals surface area contributed by atoms with Crippen molar-refractivity contribution >= 4 is 11.8 Å². The molecule has 128 valence electrons. The maximum absolute atomic E-state index is 12.5. The molecule has 0 aromatic carbocycles. The van der Waals surface area contributed by atoms with E-state index in [1.165, 1.54) is 0 Å². The smallest absolute Gasteiger partial charge is 0.355 e. The maximum Gasteiger partial charge on any atom is 0.355 e. The molecule has 2 aromatic heterocycles. The summed E-state index contributed by atoms with van der Waals surface area (Å²) in [5, 5.41) is 0. The predicted octanol–water partition coefficient (Wildman–Crippen LogP) is 4.18. The summed E-state index contributed by atoms with van der Waals surface area (Å²) in [6, 6.07) is 3.72. The number of H-pyrrole nitrogens is 1. The highest BCUT2D eigenvalue weighted by atomic mass is 16.5. The molecule has 0 amide bonds. The third-order valence-electron chi connectivity index (χ3n) is 4.62. The van der Waals surface area contributed by atoms with Crippen molar-refractivity contribution in [2.75, 3.05) is 6.61 Å². The monoisotopic (exact) mass is 329 g/mol. The molecular formula is C19H23NO4. The Bertz CT molecular complexity index is 727. The van der Waals surface area contributed by atoms with E-state index in [0.717, 1.165) is 30.7 Å². The van der Waals surface area contributed by atoms with Gasteiger partial charge in [0.1, 0.15) is 11.5 Å². The number of aromatic nitrogens is 1. The van der Waals surface area contributed by atoms with Crippen molar-refractivity contribution in [1.29, 1.82) is 0 Å². The largest absolute Gasteiger partial charge is 0.469 e. The van der Waals surface area contributed by atoms with Gasteiger partial charge in [-0.3, -0.25) is 4.79 Å². The molecule has 0 saturated heterocycles. The molecule has 0 saturated carbocycles. The topological polar surface area (TPSA) is 72.3 Å². The third-order valence-corrected chi connectivity index (χ3v) is 4.62. The van der Waals surface area contributed by atoms with Crippen molar-refractivity contribution < 1.29 is 18.7 Å². The van der Waals surface area contributed by atoms with Gasteiger partial charge in [0, 0.05) is 23.6 Å². The van der Waals surface area contributed by atoms with E-state index in [1.807, 2.05) is 19.1 Å². The number of ketones is 1. The Labute approximate surface area is 141 Å². The SMILES string of the molecule is CCCCCOC(=O)c1[nH]c2c(c1C)C(=O)C[C@@H](c1ccco1)C2. The minimum atomic E-state index is -0.375. The molecule has 0 spiro atoms. The van der Waals surface area contributed by atoms with Crippen LogP contribution in [0.15, 0.2) is 22.8 Å². The van der Waals surface area contributed by atoms with E-state index >= 15 is 0 Å². The van der Waals surface area contributed by atoms with Crippen molar-refractivity contribution in [2.45, 2.75) is 51.9 Å². The Hall–Kier alpha value is -2.30. The van der Waals surface area contributed by atoms with Gasteiger partial charge in [0.05, 0.1) is 12.9 Å². The molecule has 24 heavy (non-hydrogen) atoms. The lowest BCUT2D eigenvalue weighted by Gasteiger charge is -2.19. The molecule has 0 aliphatic heterocycles. The van der Waals surface area contributed by atoms with Crippen LogP contribution in [-0.4, -0.2) is 23.3 Å². The van der Waals surface area contributed by atoms with Crippen LogP contribution in [0.25, 0.3) is 0 Å². The Morgan fingerprint density at radius 2 is 2.21 bits per heavy atom. The van der Waals surface area contributed by atoms with Gasteiger partial charge in [0.25, 0.3) is 0 Å². The van der Waals surface area contributed by atoms with E-state index in [-0.39, 0.29) is 17.7 Å². The van der Waals surface area contributed by atoms with Crippen LogP contribution in [0.4, 0.5) is 0 Å². The molecule has 0 radical (unpaired) electrons. The first-order valence-corrected chi connectivity index (χ1v) is 8.57. The summed E-state index contributed by atoms with van der Waals surface area (Å²) < 4.78 is 10.8. The molecule has 3 rings (SSSR count). The average molecular weight is 329 g/mol. The van der Waals surface area contributed by atoms with Gasteiger partial charge in [-0.25, -0.2) is 4.79 Å². The number of fused-ring (bicyclic) bond motifs is 1. The van der Waals surface area contributed by atoms with Crippen LogP contribution in [0.2, 0.25) is 0 Å². The highest BCUT2D eigenvalue weighted by Gasteiger charge is 2.33. The van der Waals surface area contributed by atoms with Crippen molar-refractivity contribution in [3.63, 3.8) is 0 Å². The van der Waals surface area contributed by atoms with Crippen molar-refractivity contribution in [3.8, 4) is 0 Å². The number of Topliss-reactive ketones (excluding diaryl/α,β-unsaturated/α-hetero) is 1. The van der Waals surface area contributed by atoms with E-state index < -0.39 is 0 Å². The molecule has 1 N–H and O–H groups in total. The fourth-order valence-electron chi connectivity index (χ4n) is 3.35. The predicted molar refractivity (Wildman–Crippen MR) is 89.4 cm³/mol. The second-order valence-electron chi connectivity index (χ2n) is 6.37. The molecule has 1 aliphatic rings. The number of carbonyl (C=O) groups excluding carboxylic acids is 2. The summed E-state index contributed by atoms with van der Waals surface area (Å²) in [6.07, 6.45) is 5.67. The fourth-order valence-corrected chi connectivity index (χ4v) is 3.35. The van der Waals surface area contributed by atoms with Crippen LogP contribution in [0.5, 0.6) is 0 Å². The van der Waals surface area contributed by atoms with Crippen LogP contribution in [-0.2, 0) is 11.2 Å². The maximum atomic E-state index is 12.5. The van der Waals surface area contributed by atoms with Gasteiger partial charge in [-0.05, 0) is 37.5 Å². The molecular weight excluding hydrogens is 306 g/mol. The van der Waals surface area contributed by atoms with Crippen molar-refractivity contribution in [3.05, 3.63) is 46.7 Å². The summed E-state index contributed by atoms with van der Waals surface area (Å²) >= 11 is 0. The first-order valence-electron chi connectivity index (χ1n) is 8.57. The van der Waals surface area contributed by atoms with Gasteiger partial charge in [-0.1, -0.05) is 19.8 Å². The number of hydrogen-bond donors (Lipinski definition) is 1. The van der Waals surface area contributed by atoms with E-state index in [0.29, 0.717) is 36.3 Å². The standard InChI is InChI=1S/C19H23NO4/c1-3-4-5-8-24-19(22)18-12(2)17-14(20-18)10-13(11-15(17)21)16-7-6-9-23-16/h6-7,9,13,20H,3-5,8,10-11H2,1-2H3/t13-/m0/s1. The Morgan fingerprint density at radius 1 is 1.38 bits per heavy atom. The molecule has 5 nitrogen and oxygen atoms in total. The van der Waals surface area contributed by atoms with Crippen LogP contribution in [0.1, 0.15) is 76.4 Å². The number of aromatic amines is 1. The number of hydrogen-bond acceptors (Lipinski definition) is 4. The Balaban J connectivity index is 1.77. The first kappa shape index (κ1) is 16.6. The second kappa shape index (κ2) is 7.07. The van der Waals surface area contributed by atoms with Gasteiger partial charge in [-0.15, -0.1) is 0 Å². The molecule has 1 atom stereocenters. The van der Waals surface area contributed by atoms with E-state index in [2.05, 4.69) is 11.9 Å². The Kier molecular flexibility index (Phi) is 4.88. The highest BCUT2D eigenvalue weighted by molar-refractivity contribution is 6.03. The second-order valence-corrected chi connectivity index (χ2v) is 6.37. The van der Waals surface area contributed by atoms with Gasteiger partial charge in [0.15, 0.2) is 5.78 Å². The molecule has 0 bridgehead atoms. The zero-order valence-electron chi connectivity index (χ0n) is 14.2. The molecule has 1 aliphatic carbocycles. The molecule has 0 unspecified atom stereocenters. The van der Waals surface area contributed by atoms with Crippen LogP contribution in [0, 0.1) is 6.92 Å². The number of unbranched alkanes of at least 4 members (excludes halogenated alkanes) is 2. The number of esters is 1. The first-order chi connectivity index (χ1) is 11.6. The molecule has 2 heterocycles. The lowest BCUT2D eigenvalue weighted by atomic mass is 9.84. The zero-order chi connectivity index (χ0) is 17.1. The summed E-state index contributed by atoms with van der Waals surface area (Å²) in [5.41, 5.74) is 2.57. The van der Waals surface area contributed by atoms with Gasteiger partial charge in [0.2, 0.25) is 0 Å². The molecule has 2 aromatic rings. The summed E-state index contributed by atoms with van der Waals surface area (Å²) in [4.78, 5) is 27.9. The lowest BCUT2D eigenvalue weighted by molar-refractivity contribution is 0.0491. The summed E-state index contributed by atoms with van der Waals surface area (Å²) in [6.45, 7) is 4.33. The van der Waals surface area contributed by atoms with Gasteiger partial charge >= 0.3 is 5.97 Å². The Morgan fingerprint density at radius 3 is 2.92 bits per heavy atom. The number of furan rings is 1. The molecule has 5 heteroatoms. The summed E-state index contributed by atoms with van der Waals surface area (Å²) in [7, 11) is 0. The van der Waals surface area contributed by atoms with Crippen LogP contribution < -0.4 is 0 Å². The van der Waals surface area contributed by atoms with Crippen LogP contribution >= 0.6 is 0 Å². The van der Waals surface area contributed by atoms with Crippen LogP contribution in [0.3, 0.4) is 0 Å². The number of rotatable bonds is 6. The number of ether oxygens (including phenoxy) is 1. The van der Waals surface area contributed by atoms with E-state index in [1.54, 1.807) is 6.26 Å². The fraction of sp³-hybridized carbons (Fsp3) is 0.474. The minimum Gasteiger partial charge on any atom is -0.469 e. The number of carbonyl (C=O) groups is 2. The average Bonchev–Trinajstić information content (AvgIpc) is 3.20. The minimum absolute atomic E-state index is 0.0199. The lowest BCUT2D eigenvalue weighted by Crippen LogP contribution is -2.18. The summed E-state index contributed by atoms with van der Waals surface area (Å²) in [5.74, 6) is 0.508. The van der Waals surface area contributed by atoms with Gasteiger partial charge in [-0.2, -0.15) is 0 Å². The van der Waals surface area contributed by atoms with Crippen molar-refractivity contribution in [1.82, 2.24) is 4.98 Å². The third kappa shape index (κ3) is 3.16. The normalized spacial score (nSPS) is 16.9. The number of nitrogens with one attached hydrogen (secondary N) is 1. The highest BCUT2D eigenvalue weighted by Crippen LogP contribution is 2.35. The zero-order valence-corrected chi connectivity index (χ0v) is 14.2.